The van der Waals surface area contributed by atoms with E-state index >= 15 is 0 Å². The van der Waals surface area contributed by atoms with Crippen molar-refractivity contribution in [3.63, 3.8) is 0 Å². The molecule has 138 valence electrons. The van der Waals surface area contributed by atoms with Crippen LogP contribution in [0.5, 0.6) is 11.5 Å². The Morgan fingerprint density at radius 3 is 2.89 bits per heavy atom. The van der Waals surface area contributed by atoms with Crippen molar-refractivity contribution < 1.29 is 27.2 Å². The summed E-state index contributed by atoms with van der Waals surface area (Å²) in [6, 6.07) is 8.50. The molecular weight excluding hydrogens is 370 g/mol. The normalized spacial score (nSPS) is 10.6. The van der Waals surface area contributed by atoms with Crippen molar-refractivity contribution in [3.05, 3.63) is 71.0 Å². The van der Waals surface area contributed by atoms with Gasteiger partial charge < -0.3 is 22.3 Å². The number of aryl methyl sites for hydroxylation is 1. The Balaban J connectivity index is 0.00000210. The van der Waals surface area contributed by atoms with Crippen LogP contribution < -0.4 is 27.6 Å². The van der Waals surface area contributed by atoms with Crippen LogP contribution in [-0.4, -0.2) is 24.7 Å². The van der Waals surface area contributed by atoms with E-state index in [2.05, 4.69) is 15.2 Å². The molecule has 3 heterocycles. The van der Waals surface area contributed by atoms with Crippen LogP contribution in [0.15, 0.2) is 59.9 Å². The smallest absolute Gasteiger partial charge is 0.211 e. The van der Waals surface area contributed by atoms with E-state index in [1.54, 1.807) is 46.2 Å². The molecular formula is C18H16ClN5O3. The Morgan fingerprint density at radius 2 is 2.11 bits per heavy atom. The SMILES string of the molecule is Cn1cc(-n2ccc(=O)c(COc3ccc4[nH+]cc(O)cc4c3)n2)cn1.[Cl-]. The van der Waals surface area contributed by atoms with Gasteiger partial charge in [-0.1, -0.05) is 0 Å². The van der Waals surface area contributed by atoms with Crippen molar-refractivity contribution in [2.75, 3.05) is 0 Å². The zero-order chi connectivity index (χ0) is 18.1. The molecule has 0 atom stereocenters. The summed E-state index contributed by atoms with van der Waals surface area (Å²) in [5.74, 6) is 0.716. The minimum absolute atomic E-state index is 0. The average Bonchev–Trinajstić information content (AvgIpc) is 3.07. The number of rotatable bonds is 4. The molecule has 0 aliphatic heterocycles. The number of nitrogens with one attached hydrogen (secondary N) is 1. The van der Waals surface area contributed by atoms with Crippen molar-refractivity contribution >= 4 is 10.9 Å². The molecule has 2 N–H and O–H groups in total. The summed E-state index contributed by atoms with van der Waals surface area (Å²) in [4.78, 5) is 15.0. The quantitative estimate of drug-likeness (QED) is 0.448. The van der Waals surface area contributed by atoms with Gasteiger partial charge in [-0.15, -0.1) is 0 Å². The monoisotopic (exact) mass is 385 g/mol. The molecule has 27 heavy (non-hydrogen) atoms. The molecule has 0 aliphatic carbocycles. The summed E-state index contributed by atoms with van der Waals surface area (Å²) in [7, 11) is 1.81. The summed E-state index contributed by atoms with van der Waals surface area (Å²) in [6.07, 6.45) is 6.57. The molecule has 0 saturated carbocycles. The maximum atomic E-state index is 12.1. The van der Waals surface area contributed by atoms with Gasteiger partial charge in [0.1, 0.15) is 23.7 Å². The number of aromatic nitrogens is 5. The lowest BCUT2D eigenvalue weighted by molar-refractivity contribution is -0.345. The fraction of sp³-hybridized carbons (Fsp3) is 0.111. The molecule has 4 aromatic rings. The molecule has 0 aliphatic rings. The number of pyridine rings is 1. The largest absolute Gasteiger partial charge is 1.00 e. The zero-order valence-electron chi connectivity index (χ0n) is 14.3. The summed E-state index contributed by atoms with van der Waals surface area (Å²) in [5, 5.41) is 18.8. The van der Waals surface area contributed by atoms with Gasteiger partial charge in [-0.25, -0.2) is 9.67 Å². The first-order chi connectivity index (χ1) is 12.6. The first-order valence-corrected chi connectivity index (χ1v) is 7.94. The van der Waals surface area contributed by atoms with Crippen LogP contribution in [0.4, 0.5) is 0 Å². The Kier molecular flexibility index (Phi) is 5.09. The van der Waals surface area contributed by atoms with E-state index in [0.717, 1.165) is 16.6 Å². The molecule has 9 heteroatoms. The fourth-order valence-electron chi connectivity index (χ4n) is 2.60. The highest BCUT2D eigenvalue weighted by Crippen LogP contribution is 2.21. The van der Waals surface area contributed by atoms with E-state index in [4.69, 9.17) is 4.74 Å². The average molecular weight is 386 g/mol. The first kappa shape index (κ1) is 18.4. The third kappa shape index (κ3) is 3.90. The lowest BCUT2D eigenvalue weighted by Crippen LogP contribution is -3.00. The third-order valence-corrected chi connectivity index (χ3v) is 3.91. The molecule has 1 aromatic carbocycles. The van der Waals surface area contributed by atoms with Crippen LogP contribution in [0.25, 0.3) is 16.6 Å². The second-order valence-electron chi connectivity index (χ2n) is 5.84. The number of hydrogen-bond acceptors (Lipinski definition) is 5. The Hall–Kier alpha value is -3.39. The van der Waals surface area contributed by atoms with Gasteiger partial charge in [-0.05, 0) is 12.1 Å². The standard InChI is InChI=1S/C18H15N5O3.ClH/c1-22-10-13(8-20-22)23-5-4-18(25)17(21-23)11-26-15-2-3-16-12(7-15)6-14(24)9-19-16;/h2-10,24H,11H2,1H3;1H. The van der Waals surface area contributed by atoms with Crippen molar-refractivity contribution in [1.29, 1.82) is 0 Å². The van der Waals surface area contributed by atoms with Gasteiger partial charge in [0.05, 0.1) is 17.8 Å². The van der Waals surface area contributed by atoms with Crippen LogP contribution in [-0.2, 0) is 13.7 Å². The summed E-state index contributed by atoms with van der Waals surface area (Å²) in [5.41, 5.74) is 1.72. The molecule has 0 amide bonds. The summed E-state index contributed by atoms with van der Waals surface area (Å²) >= 11 is 0. The van der Waals surface area contributed by atoms with Crippen LogP contribution in [0.3, 0.4) is 0 Å². The van der Waals surface area contributed by atoms with Gasteiger partial charge in [0.2, 0.25) is 17.1 Å². The highest BCUT2D eigenvalue weighted by molar-refractivity contribution is 5.78. The maximum Gasteiger partial charge on any atom is 0.211 e. The number of aromatic amines is 1. The number of hydrogen-bond donors (Lipinski definition) is 1. The second kappa shape index (κ2) is 7.46. The topological polar surface area (TPSA) is 96.3 Å². The predicted molar refractivity (Wildman–Crippen MR) is 93.1 cm³/mol. The van der Waals surface area contributed by atoms with Crippen molar-refractivity contribution in [3.8, 4) is 17.2 Å². The molecule has 4 rings (SSSR count). The lowest BCUT2D eigenvalue weighted by atomic mass is 10.2. The molecule has 0 radical (unpaired) electrons. The number of fused-ring (bicyclic) bond motifs is 1. The van der Waals surface area contributed by atoms with Gasteiger partial charge in [0.25, 0.3) is 0 Å². The molecule has 3 aromatic heterocycles. The molecule has 0 bridgehead atoms. The summed E-state index contributed by atoms with van der Waals surface area (Å²) < 4.78 is 8.97. The van der Waals surface area contributed by atoms with E-state index in [1.807, 2.05) is 13.1 Å². The zero-order valence-corrected chi connectivity index (χ0v) is 15.1. The van der Waals surface area contributed by atoms with E-state index < -0.39 is 0 Å². The number of halogens is 1. The van der Waals surface area contributed by atoms with E-state index in [0.29, 0.717) is 11.4 Å². The van der Waals surface area contributed by atoms with Crippen LogP contribution in [0, 0.1) is 0 Å². The van der Waals surface area contributed by atoms with Crippen LogP contribution in [0.2, 0.25) is 0 Å². The number of ether oxygens (including phenoxy) is 1. The minimum atomic E-state index is -0.197. The highest BCUT2D eigenvalue weighted by Gasteiger charge is 2.08. The molecule has 0 unspecified atom stereocenters. The molecule has 0 saturated heterocycles. The van der Waals surface area contributed by atoms with Crippen molar-refractivity contribution in [1.82, 2.24) is 19.6 Å². The minimum Gasteiger partial charge on any atom is -1.00 e. The van der Waals surface area contributed by atoms with Gasteiger partial charge in [-0.3, -0.25) is 9.48 Å². The predicted octanol–water partition coefficient (Wildman–Crippen LogP) is -1.78. The van der Waals surface area contributed by atoms with Crippen LogP contribution in [0.1, 0.15) is 5.69 Å². The van der Waals surface area contributed by atoms with Crippen molar-refractivity contribution in [2.24, 2.45) is 7.05 Å². The number of aromatic hydroxyl groups is 1. The Morgan fingerprint density at radius 1 is 1.26 bits per heavy atom. The number of benzene rings is 1. The van der Waals surface area contributed by atoms with Gasteiger partial charge in [0, 0.05) is 31.4 Å². The van der Waals surface area contributed by atoms with Crippen LogP contribution >= 0.6 is 0 Å². The molecule has 0 fully saturated rings. The highest BCUT2D eigenvalue weighted by atomic mass is 35.5. The number of H-pyrrole nitrogens is 1. The van der Waals surface area contributed by atoms with Gasteiger partial charge >= 0.3 is 0 Å². The van der Waals surface area contributed by atoms with Gasteiger partial charge in [0.15, 0.2) is 5.75 Å². The summed E-state index contributed by atoms with van der Waals surface area (Å²) in [6.45, 7) is 0.0357. The molecule has 8 nitrogen and oxygen atoms in total. The van der Waals surface area contributed by atoms with E-state index in [9.17, 15) is 9.90 Å². The molecule has 0 spiro atoms. The fourth-order valence-corrected chi connectivity index (χ4v) is 2.60. The van der Waals surface area contributed by atoms with Crippen molar-refractivity contribution in [2.45, 2.75) is 6.61 Å². The van der Waals surface area contributed by atoms with E-state index in [1.165, 1.54) is 12.3 Å². The lowest BCUT2D eigenvalue weighted by Gasteiger charge is -2.07. The first-order valence-electron chi connectivity index (χ1n) is 7.94. The maximum absolute atomic E-state index is 12.1. The van der Waals surface area contributed by atoms with Gasteiger partial charge in [-0.2, -0.15) is 10.2 Å². The third-order valence-electron chi connectivity index (χ3n) is 3.91. The Labute approximate surface area is 160 Å². The second-order valence-corrected chi connectivity index (χ2v) is 5.84. The van der Waals surface area contributed by atoms with E-state index in [-0.39, 0.29) is 30.2 Å². The Bertz CT molecular complexity index is 1160. The number of nitrogens with zero attached hydrogens (tertiary/aromatic N) is 4.